The molecule has 1 heterocycles. The highest BCUT2D eigenvalue weighted by molar-refractivity contribution is 9.10. The quantitative estimate of drug-likeness (QED) is 0.864. The van der Waals surface area contributed by atoms with Crippen LogP contribution in [0.4, 0.5) is 4.39 Å². The van der Waals surface area contributed by atoms with Crippen LogP contribution in [0, 0.1) is 5.82 Å². The Morgan fingerprint density at radius 3 is 3.00 bits per heavy atom. The largest absolute Gasteiger partial charge is 0.337 e. The van der Waals surface area contributed by atoms with Crippen LogP contribution in [0.25, 0.3) is 0 Å². The first kappa shape index (κ1) is 12.5. The number of halogens is 2. The predicted molar refractivity (Wildman–Crippen MR) is 67.2 cm³/mol. The Kier molecular flexibility index (Phi) is 3.79. The monoisotopic (exact) mass is 300 g/mol. The number of rotatable bonds is 1. The summed E-state index contributed by atoms with van der Waals surface area (Å²) >= 11 is 3.24. The molecule has 17 heavy (non-hydrogen) atoms. The third-order valence-electron chi connectivity index (χ3n) is 2.90. The Labute approximate surface area is 108 Å². The zero-order chi connectivity index (χ0) is 12.4. The Balaban J connectivity index is 2.21. The van der Waals surface area contributed by atoms with Gasteiger partial charge in [-0.15, -0.1) is 0 Å². The molecule has 0 aliphatic carbocycles. The lowest BCUT2D eigenvalue weighted by Crippen LogP contribution is -2.45. The summed E-state index contributed by atoms with van der Waals surface area (Å²) in [5, 5.41) is 0. The van der Waals surface area contributed by atoms with Gasteiger partial charge in [0, 0.05) is 23.6 Å². The van der Waals surface area contributed by atoms with Crippen molar-refractivity contribution in [1.29, 1.82) is 0 Å². The minimum atomic E-state index is -0.489. The van der Waals surface area contributed by atoms with Gasteiger partial charge in [0.25, 0.3) is 5.91 Å². The van der Waals surface area contributed by atoms with E-state index >= 15 is 0 Å². The van der Waals surface area contributed by atoms with E-state index in [9.17, 15) is 9.18 Å². The number of carbonyl (C=O) groups excluding carboxylic acids is 1. The zero-order valence-corrected chi connectivity index (χ0v) is 10.9. The van der Waals surface area contributed by atoms with Crippen LogP contribution in [0.2, 0.25) is 0 Å². The van der Waals surface area contributed by atoms with Gasteiger partial charge >= 0.3 is 0 Å². The van der Waals surface area contributed by atoms with E-state index in [0.29, 0.717) is 17.6 Å². The number of amides is 1. The van der Waals surface area contributed by atoms with Crippen molar-refractivity contribution in [2.75, 3.05) is 13.1 Å². The van der Waals surface area contributed by atoms with Crippen molar-refractivity contribution in [3.05, 3.63) is 34.1 Å². The average molecular weight is 301 g/mol. The van der Waals surface area contributed by atoms with Crippen LogP contribution >= 0.6 is 15.9 Å². The van der Waals surface area contributed by atoms with Crippen molar-refractivity contribution in [3.8, 4) is 0 Å². The number of hydrogen-bond donors (Lipinski definition) is 1. The van der Waals surface area contributed by atoms with Crippen molar-refractivity contribution >= 4 is 21.8 Å². The number of hydrogen-bond acceptors (Lipinski definition) is 2. The van der Waals surface area contributed by atoms with E-state index in [-0.39, 0.29) is 17.5 Å². The average Bonchev–Trinajstić information content (AvgIpc) is 2.31. The third kappa shape index (κ3) is 2.84. The van der Waals surface area contributed by atoms with Crippen LogP contribution in [-0.4, -0.2) is 29.9 Å². The Bertz CT molecular complexity index is 439. The lowest BCUT2D eigenvalue weighted by Gasteiger charge is -2.30. The van der Waals surface area contributed by atoms with Crippen molar-refractivity contribution < 1.29 is 9.18 Å². The van der Waals surface area contributed by atoms with Gasteiger partial charge in [-0.05, 0) is 31.0 Å². The Morgan fingerprint density at radius 2 is 2.29 bits per heavy atom. The van der Waals surface area contributed by atoms with Crippen LogP contribution < -0.4 is 5.73 Å². The molecule has 0 spiro atoms. The molecular weight excluding hydrogens is 287 g/mol. The second-order valence-corrected chi connectivity index (χ2v) is 5.19. The molecule has 5 heteroatoms. The van der Waals surface area contributed by atoms with Gasteiger partial charge in [-0.1, -0.05) is 15.9 Å². The summed E-state index contributed by atoms with van der Waals surface area (Å²) in [6.45, 7) is 1.16. The molecule has 0 bridgehead atoms. The SMILES string of the molecule is N[C@@H]1CCCN(C(=O)c2cc(Br)ccc2F)C1. The van der Waals surface area contributed by atoms with Gasteiger partial charge < -0.3 is 10.6 Å². The normalized spacial score (nSPS) is 20.4. The number of carbonyl (C=O) groups is 1. The molecule has 1 amide bonds. The van der Waals surface area contributed by atoms with Gasteiger partial charge in [-0.3, -0.25) is 4.79 Å². The number of benzene rings is 1. The fraction of sp³-hybridized carbons (Fsp3) is 0.417. The zero-order valence-electron chi connectivity index (χ0n) is 9.33. The van der Waals surface area contributed by atoms with Crippen LogP contribution in [-0.2, 0) is 0 Å². The van der Waals surface area contributed by atoms with E-state index < -0.39 is 5.82 Å². The minimum absolute atomic E-state index is 0.00270. The van der Waals surface area contributed by atoms with Crippen molar-refractivity contribution in [2.45, 2.75) is 18.9 Å². The highest BCUT2D eigenvalue weighted by Gasteiger charge is 2.24. The van der Waals surface area contributed by atoms with E-state index in [1.165, 1.54) is 12.1 Å². The highest BCUT2D eigenvalue weighted by atomic mass is 79.9. The first-order valence-corrected chi connectivity index (χ1v) is 6.37. The first-order valence-electron chi connectivity index (χ1n) is 5.58. The molecule has 3 nitrogen and oxygen atoms in total. The molecule has 1 aliphatic heterocycles. The lowest BCUT2D eigenvalue weighted by molar-refractivity contribution is 0.0704. The number of nitrogens with zero attached hydrogens (tertiary/aromatic N) is 1. The maximum atomic E-state index is 13.6. The molecule has 2 N–H and O–H groups in total. The summed E-state index contributed by atoms with van der Waals surface area (Å²) in [5.74, 6) is -0.767. The van der Waals surface area contributed by atoms with Crippen molar-refractivity contribution in [2.24, 2.45) is 5.73 Å². The second kappa shape index (κ2) is 5.14. The van der Waals surface area contributed by atoms with E-state index in [1.807, 2.05) is 0 Å². The molecule has 1 saturated heterocycles. The fourth-order valence-corrected chi connectivity index (χ4v) is 2.39. The van der Waals surface area contributed by atoms with Gasteiger partial charge in [-0.2, -0.15) is 0 Å². The first-order chi connectivity index (χ1) is 8.08. The summed E-state index contributed by atoms with van der Waals surface area (Å²) in [4.78, 5) is 13.8. The van der Waals surface area contributed by atoms with Crippen molar-refractivity contribution in [3.63, 3.8) is 0 Å². The molecule has 2 rings (SSSR count). The smallest absolute Gasteiger partial charge is 0.256 e. The summed E-state index contributed by atoms with van der Waals surface area (Å²) in [7, 11) is 0. The van der Waals surface area contributed by atoms with Crippen molar-refractivity contribution in [1.82, 2.24) is 4.90 Å². The summed E-state index contributed by atoms with van der Waals surface area (Å²) < 4.78 is 14.3. The lowest BCUT2D eigenvalue weighted by atomic mass is 10.1. The molecule has 1 fully saturated rings. The highest BCUT2D eigenvalue weighted by Crippen LogP contribution is 2.19. The Morgan fingerprint density at radius 1 is 1.53 bits per heavy atom. The molecule has 1 atom stereocenters. The second-order valence-electron chi connectivity index (χ2n) is 4.28. The fourth-order valence-electron chi connectivity index (χ4n) is 2.03. The molecule has 1 aliphatic rings. The predicted octanol–water partition coefficient (Wildman–Crippen LogP) is 2.15. The molecule has 1 aromatic carbocycles. The molecular formula is C12H14BrFN2O. The Hall–Kier alpha value is -0.940. The molecule has 92 valence electrons. The maximum Gasteiger partial charge on any atom is 0.256 e. The summed E-state index contributed by atoms with van der Waals surface area (Å²) in [6, 6.07) is 4.38. The van der Waals surface area contributed by atoms with E-state index in [4.69, 9.17) is 5.73 Å². The van der Waals surface area contributed by atoms with Gasteiger partial charge in [0.2, 0.25) is 0 Å². The molecule has 0 radical (unpaired) electrons. The molecule has 1 aromatic rings. The summed E-state index contributed by atoms with van der Waals surface area (Å²) in [6.07, 6.45) is 1.80. The summed E-state index contributed by atoms with van der Waals surface area (Å²) in [5.41, 5.74) is 5.92. The molecule has 0 unspecified atom stereocenters. The minimum Gasteiger partial charge on any atom is -0.337 e. The van der Waals surface area contributed by atoms with Gasteiger partial charge in [0.15, 0.2) is 0 Å². The van der Waals surface area contributed by atoms with Gasteiger partial charge in [-0.25, -0.2) is 4.39 Å². The third-order valence-corrected chi connectivity index (χ3v) is 3.40. The topological polar surface area (TPSA) is 46.3 Å². The van der Waals surface area contributed by atoms with E-state index in [0.717, 1.165) is 12.8 Å². The van der Waals surface area contributed by atoms with Crippen LogP contribution in [0.5, 0.6) is 0 Å². The maximum absolute atomic E-state index is 13.6. The van der Waals surface area contributed by atoms with E-state index in [1.54, 1.807) is 11.0 Å². The molecule has 0 aromatic heterocycles. The van der Waals surface area contributed by atoms with Crippen LogP contribution in [0.3, 0.4) is 0 Å². The van der Waals surface area contributed by atoms with Crippen LogP contribution in [0.1, 0.15) is 23.2 Å². The van der Waals surface area contributed by atoms with E-state index in [2.05, 4.69) is 15.9 Å². The number of piperidine rings is 1. The van der Waals surface area contributed by atoms with Gasteiger partial charge in [0.1, 0.15) is 5.82 Å². The molecule has 0 saturated carbocycles. The van der Waals surface area contributed by atoms with Crippen LogP contribution in [0.15, 0.2) is 22.7 Å². The number of nitrogens with two attached hydrogens (primary N) is 1. The number of likely N-dealkylation sites (tertiary alicyclic amines) is 1. The standard InChI is InChI=1S/C12H14BrFN2O/c13-8-3-4-11(14)10(6-8)12(17)16-5-1-2-9(15)7-16/h3-4,6,9H,1-2,5,7,15H2/t9-/m1/s1. The van der Waals surface area contributed by atoms with Gasteiger partial charge in [0.05, 0.1) is 5.56 Å².